The van der Waals surface area contributed by atoms with Crippen LogP contribution in [0.4, 0.5) is 0 Å². The van der Waals surface area contributed by atoms with E-state index in [2.05, 4.69) is 5.32 Å². The number of Topliss-reactive ketones (excluding diaryl/α,β-unsaturated/α-hetero) is 1. The third-order valence-corrected chi connectivity index (χ3v) is 6.26. The summed E-state index contributed by atoms with van der Waals surface area (Å²) in [6, 6.07) is -0.654. The number of carbonyl (C=O) groups is 3. The second kappa shape index (κ2) is 16.3. The molecule has 1 rings (SSSR count). The Morgan fingerprint density at radius 1 is 1.18 bits per heavy atom. The average Bonchev–Trinajstić information content (AvgIpc) is 2.82. The molecule has 7 heteroatoms. The summed E-state index contributed by atoms with van der Waals surface area (Å²) in [5, 5.41) is 13.4. The summed E-state index contributed by atoms with van der Waals surface area (Å²) in [6.07, 6.45) is 16.9. The molecule has 6 nitrogen and oxygen atoms in total. The standard InChI is InChI=1S/C31H44ClNO5/c1-21(20-23(3)27-19-16-22(2)30(37)38-27)12-8-11-15-28(36)33-29(31(5,6)7)26(35)14-10-9-13-25(34)18-17-24(4)32/h8-12,15-17,20,23,25,27,29,34H,13-14,18-19H2,1-7H3,(H,33,36)/b10-9-,12-8-,15-11-,21-20+,24-17+/t23-,25+,27-,29+/m0/s1. The van der Waals surface area contributed by atoms with Crippen LogP contribution in [-0.4, -0.2) is 41.0 Å². The predicted molar refractivity (Wildman–Crippen MR) is 154 cm³/mol. The van der Waals surface area contributed by atoms with Gasteiger partial charge in [0.1, 0.15) is 6.10 Å². The van der Waals surface area contributed by atoms with Gasteiger partial charge >= 0.3 is 5.97 Å². The first-order chi connectivity index (χ1) is 17.7. The maximum absolute atomic E-state index is 12.8. The number of allylic oxidation sites excluding steroid dienone is 6. The molecule has 0 spiro atoms. The van der Waals surface area contributed by atoms with E-state index < -0.39 is 17.6 Å². The van der Waals surface area contributed by atoms with Crippen molar-refractivity contribution in [3.05, 3.63) is 70.9 Å². The van der Waals surface area contributed by atoms with Crippen molar-refractivity contribution in [2.24, 2.45) is 11.3 Å². The molecule has 0 bridgehead atoms. The molecular formula is C31H44ClNO5. The van der Waals surface area contributed by atoms with Gasteiger partial charge < -0.3 is 15.2 Å². The fourth-order valence-corrected chi connectivity index (χ4v) is 3.93. The van der Waals surface area contributed by atoms with Crippen molar-refractivity contribution in [3.63, 3.8) is 0 Å². The van der Waals surface area contributed by atoms with Gasteiger partial charge in [-0.1, -0.05) is 93.5 Å². The van der Waals surface area contributed by atoms with Gasteiger partial charge in [0, 0.05) is 35.4 Å². The second-order valence-electron chi connectivity index (χ2n) is 10.9. The maximum Gasteiger partial charge on any atom is 0.333 e. The first kappa shape index (κ1) is 33.3. The van der Waals surface area contributed by atoms with E-state index in [0.29, 0.717) is 29.9 Å². The Hall–Kier alpha value is -2.70. The van der Waals surface area contributed by atoms with Crippen molar-refractivity contribution in [2.45, 2.75) is 92.4 Å². The molecule has 1 amide bonds. The van der Waals surface area contributed by atoms with Crippen LogP contribution in [0.1, 0.15) is 74.1 Å². The molecule has 0 saturated carbocycles. The maximum atomic E-state index is 12.8. The number of hydrogen-bond acceptors (Lipinski definition) is 5. The number of rotatable bonds is 13. The van der Waals surface area contributed by atoms with Crippen LogP contribution < -0.4 is 5.32 Å². The second-order valence-corrected chi connectivity index (χ2v) is 11.5. The average molecular weight is 546 g/mol. The van der Waals surface area contributed by atoms with E-state index in [1.165, 1.54) is 6.08 Å². The summed E-state index contributed by atoms with van der Waals surface area (Å²) in [5.41, 5.74) is 1.17. The van der Waals surface area contributed by atoms with Gasteiger partial charge in [-0.15, -0.1) is 0 Å². The molecule has 38 heavy (non-hydrogen) atoms. The molecule has 1 aliphatic heterocycles. The van der Waals surface area contributed by atoms with Crippen molar-refractivity contribution in [1.82, 2.24) is 5.32 Å². The van der Waals surface area contributed by atoms with Crippen LogP contribution >= 0.6 is 11.6 Å². The Balaban J connectivity index is 2.63. The monoisotopic (exact) mass is 545 g/mol. The highest BCUT2D eigenvalue weighted by Gasteiger charge is 2.31. The molecule has 0 aromatic heterocycles. The molecule has 0 saturated heterocycles. The molecule has 210 valence electrons. The molecule has 1 aliphatic rings. The van der Waals surface area contributed by atoms with E-state index in [9.17, 15) is 19.5 Å². The quantitative estimate of drug-likeness (QED) is 0.123. The van der Waals surface area contributed by atoms with Gasteiger partial charge in [0.05, 0.1) is 12.1 Å². The minimum atomic E-state index is -0.654. The van der Waals surface area contributed by atoms with Gasteiger partial charge in [-0.2, -0.15) is 0 Å². The van der Waals surface area contributed by atoms with Gasteiger partial charge in [-0.05, 0) is 39.0 Å². The van der Waals surface area contributed by atoms with Crippen LogP contribution in [0.2, 0.25) is 0 Å². The minimum Gasteiger partial charge on any atom is -0.458 e. The van der Waals surface area contributed by atoms with Crippen molar-refractivity contribution in [3.8, 4) is 0 Å². The fraction of sp³-hybridized carbons (Fsp3) is 0.516. The molecule has 0 aliphatic carbocycles. The number of carbonyl (C=O) groups excluding carboxylic acids is 3. The summed E-state index contributed by atoms with van der Waals surface area (Å²) in [7, 11) is 0. The largest absolute Gasteiger partial charge is 0.458 e. The highest BCUT2D eigenvalue weighted by atomic mass is 35.5. The molecule has 1 heterocycles. The molecule has 0 fully saturated rings. The SMILES string of the molecule is CC1=CC[C@@H]([C@@H](C)/C=C(C)/C=C\C=C/C(=O)N[C@H](C(=O)C/C=C\C[C@@H](O)C/C=C(\C)Cl)C(C)(C)C)OC1=O. The third kappa shape index (κ3) is 13.2. The van der Waals surface area contributed by atoms with Crippen molar-refractivity contribution >= 4 is 29.3 Å². The lowest BCUT2D eigenvalue weighted by molar-refractivity contribution is -0.147. The number of aliphatic hydroxyl groups excluding tert-OH is 1. The topological polar surface area (TPSA) is 92.7 Å². The Bertz CT molecular complexity index is 1010. The number of hydrogen-bond donors (Lipinski definition) is 2. The van der Waals surface area contributed by atoms with E-state index in [-0.39, 0.29) is 36.1 Å². The highest BCUT2D eigenvalue weighted by molar-refractivity contribution is 6.29. The van der Waals surface area contributed by atoms with Crippen LogP contribution in [0.15, 0.2) is 70.9 Å². The Kier molecular flexibility index (Phi) is 14.3. The van der Waals surface area contributed by atoms with Crippen LogP contribution in [0.25, 0.3) is 0 Å². The van der Waals surface area contributed by atoms with Crippen LogP contribution in [0.3, 0.4) is 0 Å². The Labute approximate surface area is 233 Å². The van der Waals surface area contributed by atoms with Gasteiger partial charge in [0.2, 0.25) is 5.91 Å². The zero-order chi connectivity index (χ0) is 28.9. The van der Waals surface area contributed by atoms with Crippen molar-refractivity contribution in [2.75, 3.05) is 0 Å². The number of cyclic esters (lactones) is 1. The lowest BCUT2D eigenvalue weighted by Gasteiger charge is -2.29. The number of ether oxygens (including phenoxy) is 1. The summed E-state index contributed by atoms with van der Waals surface area (Å²) < 4.78 is 5.47. The molecule has 0 unspecified atom stereocenters. The van der Waals surface area contributed by atoms with Gasteiger partial charge in [-0.3, -0.25) is 9.59 Å². The minimum absolute atomic E-state index is 0.0581. The molecule has 0 aromatic carbocycles. The number of esters is 1. The number of ketones is 1. The number of halogens is 1. The van der Waals surface area contributed by atoms with E-state index in [1.807, 2.05) is 52.8 Å². The Morgan fingerprint density at radius 3 is 2.45 bits per heavy atom. The van der Waals surface area contributed by atoms with Gasteiger partial charge in [-0.25, -0.2) is 4.79 Å². The third-order valence-electron chi connectivity index (χ3n) is 6.11. The molecule has 0 radical (unpaired) electrons. The smallest absolute Gasteiger partial charge is 0.333 e. The van der Waals surface area contributed by atoms with E-state index in [4.69, 9.17) is 16.3 Å². The van der Waals surface area contributed by atoms with E-state index >= 15 is 0 Å². The van der Waals surface area contributed by atoms with Crippen molar-refractivity contribution in [1.29, 1.82) is 0 Å². The molecule has 4 atom stereocenters. The summed E-state index contributed by atoms with van der Waals surface area (Å²) in [6.45, 7) is 13.2. The lowest BCUT2D eigenvalue weighted by atomic mass is 9.83. The van der Waals surface area contributed by atoms with Gasteiger partial charge in [0.15, 0.2) is 5.78 Å². The number of nitrogens with one attached hydrogen (secondary N) is 1. The predicted octanol–water partition coefficient (Wildman–Crippen LogP) is 6.27. The van der Waals surface area contributed by atoms with Crippen molar-refractivity contribution < 1.29 is 24.2 Å². The number of aliphatic hydroxyl groups is 1. The first-order valence-corrected chi connectivity index (χ1v) is 13.5. The first-order valence-electron chi connectivity index (χ1n) is 13.1. The summed E-state index contributed by atoms with van der Waals surface area (Å²) >= 11 is 5.78. The summed E-state index contributed by atoms with van der Waals surface area (Å²) in [5.74, 6) is -0.658. The van der Waals surface area contributed by atoms with E-state index in [1.54, 1.807) is 44.2 Å². The van der Waals surface area contributed by atoms with E-state index in [0.717, 1.165) is 5.57 Å². The Morgan fingerprint density at radius 2 is 1.84 bits per heavy atom. The molecule has 2 N–H and O–H groups in total. The highest BCUT2D eigenvalue weighted by Crippen LogP contribution is 2.23. The summed E-state index contributed by atoms with van der Waals surface area (Å²) in [4.78, 5) is 37.1. The normalized spacial score (nSPS) is 20.0. The van der Waals surface area contributed by atoms with Gasteiger partial charge in [0.25, 0.3) is 0 Å². The van der Waals surface area contributed by atoms with Crippen LogP contribution in [0.5, 0.6) is 0 Å². The molecular weight excluding hydrogens is 502 g/mol. The zero-order valence-corrected chi connectivity index (χ0v) is 24.5. The van der Waals surface area contributed by atoms with Crippen LogP contribution in [0, 0.1) is 11.3 Å². The zero-order valence-electron chi connectivity index (χ0n) is 23.8. The fourth-order valence-electron chi connectivity index (χ4n) is 3.84. The lowest BCUT2D eigenvalue weighted by Crippen LogP contribution is -2.48. The molecule has 0 aromatic rings. The van der Waals surface area contributed by atoms with Crippen LogP contribution in [-0.2, 0) is 19.1 Å². The number of amides is 1.